The highest BCUT2D eigenvalue weighted by Crippen LogP contribution is 2.27. The maximum atomic E-state index is 10.3. The molecule has 0 bridgehead atoms. The van der Waals surface area contributed by atoms with Crippen molar-refractivity contribution in [3.8, 4) is 0 Å². The SMILES string of the molecule is COC1CCN(CC(O)c2ccc(Cl)cc2Cl)CC1. The molecule has 1 N–H and O–H groups in total. The summed E-state index contributed by atoms with van der Waals surface area (Å²) >= 11 is 12.0. The highest BCUT2D eigenvalue weighted by Gasteiger charge is 2.22. The second-order valence-electron chi connectivity index (χ2n) is 4.92. The Morgan fingerprint density at radius 1 is 1.37 bits per heavy atom. The molecule has 0 amide bonds. The van der Waals surface area contributed by atoms with Gasteiger partial charge >= 0.3 is 0 Å². The third-order valence-electron chi connectivity index (χ3n) is 3.62. The predicted molar refractivity (Wildman–Crippen MR) is 77.9 cm³/mol. The summed E-state index contributed by atoms with van der Waals surface area (Å²) < 4.78 is 5.34. The van der Waals surface area contributed by atoms with Gasteiger partial charge < -0.3 is 14.7 Å². The summed E-state index contributed by atoms with van der Waals surface area (Å²) in [5.74, 6) is 0. The lowest BCUT2D eigenvalue weighted by molar-refractivity contribution is 0.0242. The van der Waals surface area contributed by atoms with E-state index in [1.807, 2.05) is 0 Å². The van der Waals surface area contributed by atoms with Crippen molar-refractivity contribution in [1.29, 1.82) is 0 Å². The van der Waals surface area contributed by atoms with Crippen LogP contribution in [0.25, 0.3) is 0 Å². The molecule has 1 aromatic carbocycles. The topological polar surface area (TPSA) is 32.7 Å². The molecule has 0 aliphatic carbocycles. The Labute approximate surface area is 124 Å². The van der Waals surface area contributed by atoms with E-state index in [1.165, 1.54) is 0 Å². The molecule has 0 radical (unpaired) electrons. The van der Waals surface area contributed by atoms with Crippen LogP contribution >= 0.6 is 23.2 Å². The number of rotatable bonds is 4. The van der Waals surface area contributed by atoms with E-state index in [-0.39, 0.29) is 0 Å². The molecule has 0 spiro atoms. The van der Waals surface area contributed by atoms with E-state index in [9.17, 15) is 5.11 Å². The standard InChI is InChI=1S/C14H19Cl2NO2/c1-19-11-4-6-17(7-5-11)9-14(18)12-3-2-10(15)8-13(12)16/h2-3,8,11,14,18H,4-7,9H2,1H3. The Balaban J connectivity index is 1.92. The van der Waals surface area contributed by atoms with Crippen molar-refractivity contribution < 1.29 is 9.84 Å². The molecule has 1 aliphatic rings. The van der Waals surface area contributed by atoms with Crippen LogP contribution in [0.4, 0.5) is 0 Å². The summed E-state index contributed by atoms with van der Waals surface area (Å²) in [6, 6.07) is 5.21. The van der Waals surface area contributed by atoms with Crippen LogP contribution in [0.1, 0.15) is 24.5 Å². The number of halogens is 2. The van der Waals surface area contributed by atoms with Crippen molar-refractivity contribution in [3.63, 3.8) is 0 Å². The second-order valence-corrected chi connectivity index (χ2v) is 5.76. The molecule has 1 saturated heterocycles. The molecule has 106 valence electrons. The smallest absolute Gasteiger partial charge is 0.0931 e. The normalized spacial score (nSPS) is 19.6. The molecule has 0 saturated carbocycles. The number of ether oxygens (including phenoxy) is 1. The lowest BCUT2D eigenvalue weighted by Crippen LogP contribution is -2.38. The van der Waals surface area contributed by atoms with Crippen LogP contribution in [0.3, 0.4) is 0 Å². The van der Waals surface area contributed by atoms with Crippen LogP contribution in [0.15, 0.2) is 18.2 Å². The van der Waals surface area contributed by atoms with Crippen LogP contribution in [-0.2, 0) is 4.74 Å². The summed E-state index contributed by atoms with van der Waals surface area (Å²) in [5.41, 5.74) is 0.736. The van der Waals surface area contributed by atoms with Crippen molar-refractivity contribution in [2.24, 2.45) is 0 Å². The summed E-state index contributed by atoms with van der Waals surface area (Å²) in [4.78, 5) is 2.24. The molecule has 1 fully saturated rings. The lowest BCUT2D eigenvalue weighted by atomic mass is 10.0. The van der Waals surface area contributed by atoms with Gasteiger partial charge in [-0.25, -0.2) is 0 Å². The van der Waals surface area contributed by atoms with Gasteiger partial charge in [0.05, 0.1) is 12.2 Å². The Kier molecular flexibility index (Phi) is 5.48. The molecule has 2 rings (SSSR count). The van der Waals surface area contributed by atoms with E-state index in [0.717, 1.165) is 31.5 Å². The average Bonchev–Trinajstić information content (AvgIpc) is 2.39. The van der Waals surface area contributed by atoms with Gasteiger partial charge in [0.1, 0.15) is 0 Å². The van der Waals surface area contributed by atoms with Gasteiger partial charge in [-0.3, -0.25) is 0 Å². The number of hydrogen-bond donors (Lipinski definition) is 1. The molecule has 1 unspecified atom stereocenters. The highest BCUT2D eigenvalue weighted by atomic mass is 35.5. The number of benzene rings is 1. The van der Waals surface area contributed by atoms with Crippen LogP contribution in [0, 0.1) is 0 Å². The van der Waals surface area contributed by atoms with E-state index in [0.29, 0.717) is 22.7 Å². The number of likely N-dealkylation sites (tertiary alicyclic amines) is 1. The monoisotopic (exact) mass is 303 g/mol. The maximum Gasteiger partial charge on any atom is 0.0931 e. The number of aliphatic hydroxyl groups excluding tert-OH is 1. The fourth-order valence-corrected chi connectivity index (χ4v) is 2.98. The zero-order valence-electron chi connectivity index (χ0n) is 11.0. The maximum absolute atomic E-state index is 10.3. The lowest BCUT2D eigenvalue weighted by Gasteiger charge is -2.32. The molecular formula is C14H19Cl2NO2. The Bertz CT molecular complexity index is 420. The second kappa shape index (κ2) is 6.91. The van der Waals surface area contributed by atoms with Gasteiger partial charge in [-0.1, -0.05) is 29.3 Å². The summed E-state index contributed by atoms with van der Waals surface area (Å²) in [7, 11) is 1.75. The van der Waals surface area contributed by atoms with E-state index in [4.69, 9.17) is 27.9 Å². The van der Waals surface area contributed by atoms with Gasteiger partial charge in [0.2, 0.25) is 0 Å². The van der Waals surface area contributed by atoms with Crippen molar-refractivity contribution in [1.82, 2.24) is 4.90 Å². The third-order valence-corrected chi connectivity index (χ3v) is 4.18. The molecule has 3 nitrogen and oxygen atoms in total. The van der Waals surface area contributed by atoms with Crippen LogP contribution < -0.4 is 0 Å². The van der Waals surface area contributed by atoms with Gasteiger partial charge in [0.25, 0.3) is 0 Å². The number of aliphatic hydroxyl groups is 1. The highest BCUT2D eigenvalue weighted by molar-refractivity contribution is 6.35. The largest absolute Gasteiger partial charge is 0.387 e. The summed E-state index contributed by atoms with van der Waals surface area (Å²) in [6.07, 6.45) is 1.80. The molecule has 19 heavy (non-hydrogen) atoms. The van der Waals surface area contributed by atoms with Crippen LogP contribution in [-0.4, -0.2) is 42.9 Å². The van der Waals surface area contributed by atoms with E-state index < -0.39 is 6.10 Å². The van der Waals surface area contributed by atoms with Gasteiger partial charge in [-0.2, -0.15) is 0 Å². The van der Waals surface area contributed by atoms with E-state index in [1.54, 1.807) is 25.3 Å². The quantitative estimate of drug-likeness (QED) is 0.927. The molecule has 1 aromatic rings. The van der Waals surface area contributed by atoms with Crippen molar-refractivity contribution >= 4 is 23.2 Å². The molecule has 1 atom stereocenters. The zero-order chi connectivity index (χ0) is 13.8. The first-order valence-corrected chi connectivity index (χ1v) is 7.24. The number of hydrogen-bond acceptors (Lipinski definition) is 3. The van der Waals surface area contributed by atoms with Crippen LogP contribution in [0.2, 0.25) is 10.0 Å². The predicted octanol–water partition coefficient (Wildman–Crippen LogP) is 3.14. The summed E-state index contributed by atoms with van der Waals surface area (Å²) in [5, 5.41) is 11.4. The fourth-order valence-electron chi connectivity index (χ4n) is 2.44. The Morgan fingerprint density at radius 3 is 2.63 bits per heavy atom. The number of nitrogens with zero attached hydrogens (tertiary/aromatic N) is 1. The first-order chi connectivity index (χ1) is 9.10. The van der Waals surface area contributed by atoms with Gasteiger partial charge in [0, 0.05) is 42.4 Å². The number of β-amino-alcohol motifs (C(OH)–C–C–N with tert-alkyl or cyclic N) is 1. The van der Waals surface area contributed by atoms with Gasteiger partial charge in [0.15, 0.2) is 0 Å². The summed E-state index contributed by atoms with van der Waals surface area (Å²) in [6.45, 7) is 2.49. The number of piperidine rings is 1. The van der Waals surface area contributed by atoms with Gasteiger partial charge in [-0.15, -0.1) is 0 Å². The molecular weight excluding hydrogens is 285 g/mol. The van der Waals surface area contributed by atoms with Gasteiger partial charge in [-0.05, 0) is 25.0 Å². The molecule has 5 heteroatoms. The molecule has 1 heterocycles. The zero-order valence-corrected chi connectivity index (χ0v) is 12.5. The van der Waals surface area contributed by atoms with Crippen LogP contribution in [0.5, 0.6) is 0 Å². The van der Waals surface area contributed by atoms with E-state index >= 15 is 0 Å². The fraction of sp³-hybridized carbons (Fsp3) is 0.571. The van der Waals surface area contributed by atoms with Crippen molar-refractivity contribution in [2.45, 2.75) is 25.0 Å². The molecule has 0 aromatic heterocycles. The number of methoxy groups -OCH3 is 1. The minimum atomic E-state index is -0.580. The minimum Gasteiger partial charge on any atom is -0.387 e. The minimum absolute atomic E-state index is 0.354. The average molecular weight is 304 g/mol. The Morgan fingerprint density at radius 2 is 2.05 bits per heavy atom. The Hall–Kier alpha value is -0.320. The third kappa shape index (κ3) is 4.07. The first-order valence-electron chi connectivity index (χ1n) is 6.48. The van der Waals surface area contributed by atoms with Crippen molar-refractivity contribution in [2.75, 3.05) is 26.7 Å². The first kappa shape index (κ1) is 15.1. The van der Waals surface area contributed by atoms with E-state index in [2.05, 4.69) is 4.90 Å². The van der Waals surface area contributed by atoms with Crippen molar-refractivity contribution in [3.05, 3.63) is 33.8 Å². The molecule has 1 aliphatic heterocycles.